The predicted octanol–water partition coefficient (Wildman–Crippen LogP) is 3.67. The highest BCUT2D eigenvalue weighted by Crippen LogP contribution is 2.30. The summed E-state index contributed by atoms with van der Waals surface area (Å²) in [6, 6.07) is 8.92. The summed E-state index contributed by atoms with van der Waals surface area (Å²) >= 11 is 5.89. The van der Waals surface area contributed by atoms with Gasteiger partial charge in [0.05, 0.1) is 5.02 Å². The summed E-state index contributed by atoms with van der Waals surface area (Å²) in [5.74, 6) is 0.462. The van der Waals surface area contributed by atoms with E-state index in [1.165, 1.54) is 18.2 Å². The monoisotopic (exact) mass is 294 g/mol. The van der Waals surface area contributed by atoms with Gasteiger partial charge in [-0.25, -0.2) is 4.39 Å². The Bertz CT molecular complexity index is 674. The Labute approximate surface area is 120 Å². The van der Waals surface area contributed by atoms with E-state index >= 15 is 0 Å². The number of hydrogen-bond donors (Lipinski definition) is 2. The SMILES string of the molecule is Cc1cc(Oc2ccc(F)cc2Cl)ccc1/C(N)=N/O. The Morgan fingerprint density at radius 2 is 2.05 bits per heavy atom. The van der Waals surface area contributed by atoms with Gasteiger partial charge >= 0.3 is 0 Å². The van der Waals surface area contributed by atoms with E-state index in [-0.39, 0.29) is 10.9 Å². The van der Waals surface area contributed by atoms with Gasteiger partial charge in [0.1, 0.15) is 17.3 Å². The second kappa shape index (κ2) is 5.79. The average Bonchev–Trinajstić information content (AvgIpc) is 2.41. The number of oxime groups is 1. The number of halogens is 2. The average molecular weight is 295 g/mol. The van der Waals surface area contributed by atoms with E-state index in [1.54, 1.807) is 25.1 Å². The van der Waals surface area contributed by atoms with Crippen molar-refractivity contribution in [2.45, 2.75) is 6.92 Å². The first-order chi connectivity index (χ1) is 9.51. The molecule has 0 aliphatic heterocycles. The molecule has 0 aliphatic carbocycles. The second-order valence-corrected chi connectivity index (χ2v) is 4.55. The van der Waals surface area contributed by atoms with Crippen LogP contribution in [0.4, 0.5) is 4.39 Å². The lowest BCUT2D eigenvalue weighted by Gasteiger charge is -2.10. The van der Waals surface area contributed by atoms with E-state index in [1.807, 2.05) is 0 Å². The van der Waals surface area contributed by atoms with Crippen LogP contribution in [-0.2, 0) is 0 Å². The molecule has 0 radical (unpaired) electrons. The fourth-order valence-electron chi connectivity index (χ4n) is 1.73. The summed E-state index contributed by atoms with van der Waals surface area (Å²) in [6.07, 6.45) is 0. The lowest BCUT2D eigenvalue weighted by molar-refractivity contribution is 0.318. The third-order valence-electron chi connectivity index (χ3n) is 2.70. The minimum atomic E-state index is -0.430. The molecule has 20 heavy (non-hydrogen) atoms. The topological polar surface area (TPSA) is 67.8 Å². The van der Waals surface area contributed by atoms with E-state index < -0.39 is 5.82 Å². The zero-order chi connectivity index (χ0) is 14.7. The third kappa shape index (κ3) is 3.00. The molecule has 0 spiro atoms. The quantitative estimate of drug-likeness (QED) is 0.393. The van der Waals surface area contributed by atoms with Crippen LogP contribution in [0.2, 0.25) is 5.02 Å². The number of ether oxygens (including phenoxy) is 1. The molecule has 2 aromatic carbocycles. The first-order valence-electron chi connectivity index (χ1n) is 5.72. The lowest BCUT2D eigenvalue weighted by atomic mass is 10.1. The van der Waals surface area contributed by atoms with Crippen LogP contribution >= 0.6 is 11.6 Å². The van der Waals surface area contributed by atoms with E-state index in [0.29, 0.717) is 17.1 Å². The maximum Gasteiger partial charge on any atom is 0.170 e. The summed E-state index contributed by atoms with van der Waals surface area (Å²) in [6.45, 7) is 1.80. The van der Waals surface area contributed by atoms with Crippen LogP contribution < -0.4 is 10.5 Å². The molecule has 104 valence electrons. The molecule has 0 unspecified atom stereocenters. The molecule has 4 nitrogen and oxygen atoms in total. The maximum atomic E-state index is 12.9. The number of nitrogens with zero attached hydrogens (tertiary/aromatic N) is 1. The molecule has 0 atom stereocenters. The van der Waals surface area contributed by atoms with E-state index in [9.17, 15) is 4.39 Å². The van der Waals surface area contributed by atoms with Crippen LogP contribution in [0.1, 0.15) is 11.1 Å². The Morgan fingerprint density at radius 1 is 1.30 bits per heavy atom. The number of amidine groups is 1. The van der Waals surface area contributed by atoms with Crippen molar-refractivity contribution in [1.82, 2.24) is 0 Å². The molecule has 0 saturated carbocycles. The molecular formula is C14H12ClFN2O2. The van der Waals surface area contributed by atoms with Crippen LogP contribution in [0, 0.1) is 12.7 Å². The van der Waals surface area contributed by atoms with Crippen molar-refractivity contribution in [2.75, 3.05) is 0 Å². The van der Waals surface area contributed by atoms with Gasteiger partial charge in [-0.3, -0.25) is 0 Å². The molecule has 0 heterocycles. The molecule has 0 amide bonds. The smallest absolute Gasteiger partial charge is 0.170 e. The number of nitrogens with two attached hydrogens (primary N) is 1. The van der Waals surface area contributed by atoms with Gasteiger partial charge in [-0.1, -0.05) is 16.8 Å². The zero-order valence-corrected chi connectivity index (χ0v) is 11.4. The van der Waals surface area contributed by atoms with Gasteiger partial charge in [0.2, 0.25) is 0 Å². The number of rotatable bonds is 3. The van der Waals surface area contributed by atoms with Crippen LogP contribution in [0.5, 0.6) is 11.5 Å². The Balaban J connectivity index is 2.29. The van der Waals surface area contributed by atoms with Crippen LogP contribution in [0.15, 0.2) is 41.6 Å². The number of hydrogen-bond acceptors (Lipinski definition) is 3. The lowest BCUT2D eigenvalue weighted by Crippen LogP contribution is -2.14. The van der Waals surface area contributed by atoms with E-state index in [2.05, 4.69) is 5.16 Å². The molecule has 0 aliphatic rings. The molecule has 6 heteroatoms. The first kappa shape index (κ1) is 14.1. The Morgan fingerprint density at radius 3 is 2.65 bits per heavy atom. The minimum absolute atomic E-state index is 0.0221. The third-order valence-corrected chi connectivity index (χ3v) is 3.00. The first-order valence-corrected chi connectivity index (χ1v) is 6.10. The molecule has 0 bridgehead atoms. The van der Waals surface area contributed by atoms with Gasteiger partial charge in [-0.05, 0) is 48.9 Å². The van der Waals surface area contributed by atoms with Crippen LogP contribution in [0.25, 0.3) is 0 Å². The molecule has 2 rings (SSSR count). The van der Waals surface area contributed by atoms with Crippen molar-refractivity contribution < 1.29 is 14.3 Å². The fraction of sp³-hybridized carbons (Fsp3) is 0.0714. The normalized spacial score (nSPS) is 11.4. The van der Waals surface area contributed by atoms with Gasteiger partial charge < -0.3 is 15.7 Å². The Kier molecular flexibility index (Phi) is 4.10. The van der Waals surface area contributed by atoms with Crippen LogP contribution in [-0.4, -0.2) is 11.0 Å². The summed E-state index contributed by atoms with van der Waals surface area (Å²) in [5, 5.41) is 11.8. The van der Waals surface area contributed by atoms with Gasteiger partial charge in [0.25, 0.3) is 0 Å². The van der Waals surface area contributed by atoms with Crippen molar-refractivity contribution in [3.63, 3.8) is 0 Å². The summed E-state index contributed by atoms with van der Waals surface area (Å²) in [7, 11) is 0. The predicted molar refractivity (Wildman–Crippen MR) is 75.2 cm³/mol. The minimum Gasteiger partial charge on any atom is -0.456 e. The molecule has 2 aromatic rings. The van der Waals surface area contributed by atoms with Gasteiger partial charge in [-0.15, -0.1) is 0 Å². The van der Waals surface area contributed by atoms with Crippen molar-refractivity contribution in [3.05, 3.63) is 58.4 Å². The van der Waals surface area contributed by atoms with Crippen LogP contribution in [0.3, 0.4) is 0 Å². The highest BCUT2D eigenvalue weighted by atomic mass is 35.5. The highest BCUT2D eigenvalue weighted by Gasteiger charge is 2.08. The molecule has 0 fully saturated rings. The molecular weight excluding hydrogens is 283 g/mol. The van der Waals surface area contributed by atoms with Gasteiger partial charge in [0.15, 0.2) is 5.84 Å². The second-order valence-electron chi connectivity index (χ2n) is 4.14. The molecule has 3 N–H and O–H groups in total. The fourth-order valence-corrected chi connectivity index (χ4v) is 1.93. The van der Waals surface area contributed by atoms with E-state index in [0.717, 1.165) is 5.56 Å². The largest absolute Gasteiger partial charge is 0.456 e. The zero-order valence-electron chi connectivity index (χ0n) is 10.6. The van der Waals surface area contributed by atoms with E-state index in [4.69, 9.17) is 27.3 Å². The van der Waals surface area contributed by atoms with Crippen molar-refractivity contribution in [2.24, 2.45) is 10.9 Å². The maximum absolute atomic E-state index is 12.9. The molecule has 0 aromatic heterocycles. The van der Waals surface area contributed by atoms with Crippen molar-refractivity contribution >= 4 is 17.4 Å². The number of aryl methyl sites for hydroxylation is 1. The summed E-state index contributed by atoms with van der Waals surface area (Å²) in [4.78, 5) is 0. The highest BCUT2D eigenvalue weighted by molar-refractivity contribution is 6.32. The molecule has 0 saturated heterocycles. The van der Waals surface area contributed by atoms with Crippen molar-refractivity contribution in [3.8, 4) is 11.5 Å². The number of benzene rings is 2. The van der Waals surface area contributed by atoms with Crippen molar-refractivity contribution in [1.29, 1.82) is 0 Å². The summed E-state index contributed by atoms with van der Waals surface area (Å²) < 4.78 is 18.5. The van der Waals surface area contributed by atoms with Gasteiger partial charge in [-0.2, -0.15) is 0 Å². The standard InChI is InChI=1S/C14H12ClFN2O2/c1-8-6-10(3-4-11(8)14(17)18-19)20-13-5-2-9(16)7-12(13)15/h2-7,19H,1H3,(H2,17,18). The summed E-state index contributed by atoms with van der Waals surface area (Å²) in [5.41, 5.74) is 6.91. The van der Waals surface area contributed by atoms with Gasteiger partial charge in [0, 0.05) is 5.56 Å². The Hall–Kier alpha value is -2.27.